The average molecular weight is 404 g/mol. The Labute approximate surface area is 168 Å². The number of aryl methyl sites for hydroxylation is 1. The molecule has 0 heterocycles. The molecule has 2 aromatic rings. The van der Waals surface area contributed by atoms with E-state index in [0.717, 1.165) is 9.87 Å². The summed E-state index contributed by atoms with van der Waals surface area (Å²) in [5, 5.41) is 0. The molecule has 0 bridgehead atoms. The van der Waals surface area contributed by atoms with Gasteiger partial charge in [0.15, 0.2) is 0 Å². The first-order valence-electron chi connectivity index (χ1n) is 9.18. The quantitative estimate of drug-likeness (QED) is 0.721. The van der Waals surface area contributed by atoms with Crippen LogP contribution in [0.2, 0.25) is 0 Å². The largest absolute Gasteiger partial charge is 0.496 e. The second-order valence-electron chi connectivity index (χ2n) is 8.20. The van der Waals surface area contributed by atoms with Gasteiger partial charge < -0.3 is 4.74 Å². The van der Waals surface area contributed by atoms with Gasteiger partial charge in [-0.3, -0.25) is 4.79 Å². The summed E-state index contributed by atoms with van der Waals surface area (Å²) in [7, 11) is -2.51. The summed E-state index contributed by atoms with van der Waals surface area (Å²) < 4.78 is 33.4. The monoisotopic (exact) mass is 403 g/mol. The molecule has 0 aliphatic rings. The molecule has 0 saturated carbocycles. The SMILES string of the molecule is COc1ccc(N(C(=O)CC(C)(C)C)S(=O)(=O)c2ccccc2C)c(C)c1C. The molecule has 0 spiro atoms. The minimum atomic E-state index is -4.07. The Morgan fingerprint density at radius 3 is 2.14 bits per heavy atom. The highest BCUT2D eigenvalue weighted by Crippen LogP contribution is 2.35. The smallest absolute Gasteiger partial charge is 0.271 e. The second kappa shape index (κ2) is 7.95. The van der Waals surface area contributed by atoms with Crippen LogP contribution in [0.15, 0.2) is 41.3 Å². The van der Waals surface area contributed by atoms with E-state index in [1.807, 2.05) is 27.7 Å². The summed E-state index contributed by atoms with van der Waals surface area (Å²) in [6.45, 7) is 11.1. The molecule has 0 aromatic heterocycles. The van der Waals surface area contributed by atoms with Gasteiger partial charge in [0.05, 0.1) is 17.7 Å². The second-order valence-corrected chi connectivity index (χ2v) is 9.96. The van der Waals surface area contributed by atoms with E-state index >= 15 is 0 Å². The van der Waals surface area contributed by atoms with Crippen molar-refractivity contribution in [1.82, 2.24) is 0 Å². The van der Waals surface area contributed by atoms with Gasteiger partial charge >= 0.3 is 0 Å². The number of nitrogens with zero attached hydrogens (tertiary/aromatic N) is 1. The molecular weight excluding hydrogens is 374 g/mol. The molecule has 0 fully saturated rings. The fraction of sp³-hybridized carbons (Fsp3) is 0.409. The van der Waals surface area contributed by atoms with Crippen molar-refractivity contribution in [1.29, 1.82) is 0 Å². The molecule has 0 atom stereocenters. The Hall–Kier alpha value is -2.34. The zero-order chi connectivity index (χ0) is 21.3. The van der Waals surface area contributed by atoms with E-state index in [1.165, 1.54) is 6.07 Å². The highest BCUT2D eigenvalue weighted by molar-refractivity contribution is 7.93. The average Bonchev–Trinajstić information content (AvgIpc) is 2.57. The van der Waals surface area contributed by atoms with E-state index in [0.29, 0.717) is 22.6 Å². The van der Waals surface area contributed by atoms with Crippen LogP contribution in [-0.4, -0.2) is 21.4 Å². The zero-order valence-electron chi connectivity index (χ0n) is 17.7. The number of anilines is 1. The maximum absolute atomic E-state index is 13.6. The number of ether oxygens (including phenoxy) is 1. The van der Waals surface area contributed by atoms with Crippen molar-refractivity contribution in [2.45, 2.75) is 52.9 Å². The number of carbonyl (C=O) groups is 1. The molecule has 1 amide bonds. The first-order chi connectivity index (χ1) is 12.9. The Bertz CT molecular complexity index is 988. The highest BCUT2D eigenvalue weighted by atomic mass is 32.2. The van der Waals surface area contributed by atoms with Crippen LogP contribution in [0.1, 0.15) is 43.9 Å². The number of hydrogen-bond acceptors (Lipinski definition) is 4. The molecule has 0 aliphatic carbocycles. The van der Waals surface area contributed by atoms with Crippen LogP contribution in [0.25, 0.3) is 0 Å². The number of amides is 1. The number of rotatable bonds is 5. The summed E-state index contributed by atoms with van der Waals surface area (Å²) in [6.07, 6.45) is 0.0998. The number of benzene rings is 2. The summed E-state index contributed by atoms with van der Waals surface area (Å²) >= 11 is 0. The molecule has 0 saturated heterocycles. The summed E-state index contributed by atoms with van der Waals surface area (Å²) in [5.74, 6) is 0.196. The summed E-state index contributed by atoms with van der Waals surface area (Å²) in [5.41, 5.74) is 2.09. The molecule has 0 radical (unpaired) electrons. The fourth-order valence-electron chi connectivity index (χ4n) is 3.09. The van der Waals surface area contributed by atoms with Crippen LogP contribution < -0.4 is 9.04 Å². The number of carbonyl (C=O) groups excluding carboxylic acids is 1. The van der Waals surface area contributed by atoms with E-state index in [4.69, 9.17) is 4.74 Å². The van der Waals surface area contributed by atoms with Crippen molar-refractivity contribution >= 4 is 21.6 Å². The molecule has 2 aromatic carbocycles. The molecular formula is C22H29NO4S. The lowest BCUT2D eigenvalue weighted by atomic mass is 9.92. The standard InChI is InChI=1S/C22H29NO4S/c1-15-10-8-9-11-20(15)28(25,26)23(21(24)14-22(4,5)6)18-12-13-19(27-7)17(3)16(18)2/h8-13H,14H2,1-7H3. The molecule has 5 nitrogen and oxygen atoms in total. The Kier molecular flexibility index (Phi) is 6.24. The molecule has 28 heavy (non-hydrogen) atoms. The number of hydrogen-bond donors (Lipinski definition) is 0. The van der Waals surface area contributed by atoms with Crippen LogP contribution in [-0.2, 0) is 14.8 Å². The minimum absolute atomic E-state index is 0.0998. The molecule has 2 rings (SSSR count). The van der Waals surface area contributed by atoms with Crippen LogP contribution in [0.5, 0.6) is 5.75 Å². The van der Waals surface area contributed by atoms with Gasteiger partial charge in [-0.05, 0) is 61.1 Å². The first kappa shape index (κ1) is 22.0. The first-order valence-corrected chi connectivity index (χ1v) is 10.6. The predicted octanol–water partition coefficient (Wildman–Crippen LogP) is 4.78. The fourth-order valence-corrected chi connectivity index (χ4v) is 4.80. The maximum atomic E-state index is 13.6. The highest BCUT2D eigenvalue weighted by Gasteiger charge is 2.35. The Balaban J connectivity index is 2.74. The topological polar surface area (TPSA) is 63.7 Å². The van der Waals surface area contributed by atoms with Gasteiger partial charge in [-0.1, -0.05) is 39.0 Å². The Morgan fingerprint density at radius 2 is 1.61 bits per heavy atom. The van der Waals surface area contributed by atoms with Gasteiger partial charge in [-0.15, -0.1) is 0 Å². The third-order valence-electron chi connectivity index (χ3n) is 4.67. The zero-order valence-corrected chi connectivity index (χ0v) is 18.5. The van der Waals surface area contributed by atoms with Crippen molar-refractivity contribution in [3.8, 4) is 5.75 Å². The molecule has 6 heteroatoms. The predicted molar refractivity (Wildman–Crippen MR) is 112 cm³/mol. The van der Waals surface area contributed by atoms with Crippen LogP contribution in [0, 0.1) is 26.2 Å². The van der Waals surface area contributed by atoms with Crippen LogP contribution >= 0.6 is 0 Å². The normalized spacial score (nSPS) is 12.0. The van der Waals surface area contributed by atoms with Crippen molar-refractivity contribution in [3.63, 3.8) is 0 Å². The van der Waals surface area contributed by atoms with Crippen molar-refractivity contribution in [2.75, 3.05) is 11.4 Å². The molecule has 152 valence electrons. The molecule has 0 aliphatic heterocycles. The molecule has 0 N–H and O–H groups in total. The third-order valence-corrected chi connectivity index (χ3v) is 6.56. The van der Waals surface area contributed by atoms with Crippen molar-refractivity contribution < 1.29 is 17.9 Å². The Morgan fingerprint density at radius 1 is 1.00 bits per heavy atom. The lowest BCUT2D eigenvalue weighted by molar-refractivity contribution is -0.119. The summed E-state index contributed by atoms with van der Waals surface area (Å²) in [6, 6.07) is 10.0. The van der Waals surface area contributed by atoms with Gasteiger partial charge in [0.2, 0.25) is 5.91 Å². The van der Waals surface area contributed by atoms with Crippen LogP contribution in [0.4, 0.5) is 5.69 Å². The molecule has 0 unspecified atom stereocenters. The van der Waals surface area contributed by atoms with Crippen molar-refractivity contribution in [2.24, 2.45) is 5.41 Å². The van der Waals surface area contributed by atoms with E-state index in [9.17, 15) is 13.2 Å². The van der Waals surface area contributed by atoms with E-state index in [2.05, 4.69) is 0 Å². The maximum Gasteiger partial charge on any atom is 0.271 e. The van der Waals surface area contributed by atoms with E-state index in [1.54, 1.807) is 51.3 Å². The van der Waals surface area contributed by atoms with Gasteiger partial charge in [0.1, 0.15) is 5.75 Å². The van der Waals surface area contributed by atoms with Crippen molar-refractivity contribution in [3.05, 3.63) is 53.1 Å². The van der Waals surface area contributed by atoms with Gasteiger partial charge in [-0.25, -0.2) is 12.7 Å². The third kappa shape index (κ3) is 4.38. The summed E-state index contributed by atoms with van der Waals surface area (Å²) in [4.78, 5) is 13.4. The lowest BCUT2D eigenvalue weighted by Gasteiger charge is -2.28. The van der Waals surface area contributed by atoms with Gasteiger partial charge in [-0.2, -0.15) is 0 Å². The van der Waals surface area contributed by atoms with Gasteiger partial charge in [0, 0.05) is 6.42 Å². The number of methoxy groups -OCH3 is 1. The number of sulfonamides is 1. The minimum Gasteiger partial charge on any atom is -0.496 e. The van der Waals surface area contributed by atoms with E-state index < -0.39 is 15.9 Å². The lowest BCUT2D eigenvalue weighted by Crippen LogP contribution is -2.39. The van der Waals surface area contributed by atoms with Crippen LogP contribution in [0.3, 0.4) is 0 Å². The van der Waals surface area contributed by atoms with Gasteiger partial charge in [0.25, 0.3) is 10.0 Å². The van der Waals surface area contributed by atoms with E-state index in [-0.39, 0.29) is 16.7 Å².